The summed E-state index contributed by atoms with van der Waals surface area (Å²) in [6, 6.07) is 0. The van der Waals surface area contributed by atoms with Gasteiger partial charge < -0.3 is 0 Å². The minimum atomic E-state index is 0.432. The Hall–Kier alpha value is 0.860. The maximum Gasteiger partial charge on any atom is -0.0326 e. The zero-order valence-corrected chi connectivity index (χ0v) is 16.5. The lowest BCUT2D eigenvalue weighted by molar-refractivity contribution is 0.775. The second kappa shape index (κ2) is 18.9. The molecule has 0 aromatic rings. The van der Waals surface area contributed by atoms with Crippen LogP contribution in [-0.2, 0) is 0 Å². The molecule has 19 heavy (non-hydrogen) atoms. The molecule has 0 spiro atoms. The van der Waals surface area contributed by atoms with E-state index in [4.69, 9.17) is 0 Å². The van der Waals surface area contributed by atoms with Gasteiger partial charge in [0.1, 0.15) is 0 Å². The number of rotatable bonds is 11. The van der Waals surface area contributed by atoms with E-state index in [0.717, 1.165) is 0 Å². The summed E-state index contributed by atoms with van der Waals surface area (Å²) >= 11 is 0. The molecule has 0 saturated heterocycles. The van der Waals surface area contributed by atoms with Gasteiger partial charge in [0, 0.05) is 0 Å². The molecule has 0 aliphatic heterocycles. The van der Waals surface area contributed by atoms with Crippen molar-refractivity contribution in [1.82, 2.24) is 0 Å². The molecule has 0 unspecified atom stereocenters. The molecule has 0 rings (SSSR count). The fourth-order valence-corrected chi connectivity index (χ4v) is 5.64. The lowest BCUT2D eigenvalue weighted by Gasteiger charge is -2.11. The van der Waals surface area contributed by atoms with E-state index < -0.39 is 0 Å². The summed E-state index contributed by atoms with van der Waals surface area (Å²) in [5.74, 6) is 0. The van der Waals surface area contributed by atoms with Crippen LogP contribution in [0.2, 0.25) is 0 Å². The first-order valence-corrected chi connectivity index (χ1v) is 12.4. The van der Waals surface area contributed by atoms with Crippen LogP contribution in [0.1, 0.15) is 73.6 Å². The maximum absolute atomic E-state index is 2.33. The second-order valence-corrected chi connectivity index (χ2v) is 11.2. The van der Waals surface area contributed by atoms with Gasteiger partial charge in [0.15, 0.2) is 0 Å². The molecule has 0 aromatic heterocycles. The van der Waals surface area contributed by atoms with Gasteiger partial charge in [0.2, 0.25) is 0 Å². The van der Waals surface area contributed by atoms with Gasteiger partial charge in [-0.3, -0.25) is 0 Å². The van der Waals surface area contributed by atoms with Crippen molar-refractivity contribution in [1.29, 1.82) is 0 Å². The van der Waals surface area contributed by atoms with Crippen molar-refractivity contribution >= 4 is 15.8 Å². The summed E-state index contributed by atoms with van der Waals surface area (Å²) in [6.45, 7) is 13.9. The predicted octanol–water partition coefficient (Wildman–Crippen LogP) is 7.01. The highest BCUT2D eigenvalue weighted by Gasteiger charge is 2.00. The average Bonchev–Trinajstić information content (AvgIpc) is 2.46. The smallest absolute Gasteiger partial charge is 0.0326 e. The van der Waals surface area contributed by atoms with Crippen molar-refractivity contribution in [3.05, 3.63) is 0 Å². The Bertz CT molecular complexity index is 140. The van der Waals surface area contributed by atoms with Crippen LogP contribution in [0.3, 0.4) is 0 Å². The van der Waals surface area contributed by atoms with Crippen LogP contribution in [0.25, 0.3) is 0 Å². The van der Waals surface area contributed by atoms with Crippen LogP contribution in [-0.4, -0.2) is 37.0 Å². The molecular weight excluding hydrogens is 266 g/mol. The Morgan fingerprint density at radius 3 is 1.16 bits per heavy atom. The fraction of sp³-hybridized carbons (Fsp3) is 1.00. The van der Waals surface area contributed by atoms with Gasteiger partial charge in [-0.2, -0.15) is 0 Å². The predicted molar refractivity (Wildman–Crippen MR) is 100 cm³/mol. The van der Waals surface area contributed by atoms with Crippen LogP contribution < -0.4 is 0 Å². The normalized spacial score (nSPS) is 10.7. The van der Waals surface area contributed by atoms with E-state index in [9.17, 15) is 0 Å². The van der Waals surface area contributed by atoms with E-state index in [-0.39, 0.29) is 0 Å². The molecule has 0 aliphatic rings. The van der Waals surface area contributed by atoms with Crippen LogP contribution >= 0.6 is 15.8 Å². The van der Waals surface area contributed by atoms with Crippen molar-refractivity contribution in [2.75, 3.05) is 37.0 Å². The molecule has 0 aromatic carbocycles. The summed E-state index contributed by atoms with van der Waals surface area (Å²) in [6.07, 6.45) is 15.9. The first-order valence-electron chi connectivity index (χ1n) is 8.64. The van der Waals surface area contributed by atoms with Gasteiger partial charge in [-0.25, -0.2) is 0 Å². The molecule has 0 radical (unpaired) electrons. The zero-order valence-electron chi connectivity index (χ0n) is 14.7. The van der Waals surface area contributed by atoms with Crippen molar-refractivity contribution in [2.45, 2.75) is 73.6 Å². The van der Waals surface area contributed by atoms with E-state index in [1.165, 1.54) is 69.1 Å². The van der Waals surface area contributed by atoms with E-state index in [1.54, 1.807) is 0 Å². The maximum atomic E-state index is 2.33. The fourth-order valence-electron chi connectivity index (χ4n) is 2.05. The summed E-state index contributed by atoms with van der Waals surface area (Å²) in [4.78, 5) is 0. The molecule has 0 N–H and O–H groups in total. The Balaban J connectivity index is 0. The first kappa shape index (κ1) is 22.1. The highest BCUT2D eigenvalue weighted by Crippen LogP contribution is 2.35. The lowest BCUT2D eigenvalue weighted by Crippen LogP contribution is -1.89. The van der Waals surface area contributed by atoms with Crippen LogP contribution in [0.5, 0.6) is 0 Å². The van der Waals surface area contributed by atoms with E-state index in [2.05, 4.69) is 41.5 Å². The molecule has 0 amide bonds. The van der Waals surface area contributed by atoms with Gasteiger partial charge >= 0.3 is 0 Å². The largest absolute Gasteiger partial charge is 0.107 e. The van der Waals surface area contributed by atoms with Crippen molar-refractivity contribution in [3.8, 4) is 0 Å². The third kappa shape index (κ3) is 16.8. The lowest BCUT2D eigenvalue weighted by atomic mass is 10.3. The molecule has 0 atom stereocenters. The molecule has 118 valence electrons. The van der Waals surface area contributed by atoms with E-state index in [0.29, 0.717) is 15.8 Å². The number of hydrogen-bond donors (Lipinski definition) is 0. The molecule has 0 aliphatic carbocycles. The van der Waals surface area contributed by atoms with Crippen molar-refractivity contribution in [2.24, 2.45) is 0 Å². The van der Waals surface area contributed by atoms with Gasteiger partial charge in [-0.1, -0.05) is 60.8 Å². The van der Waals surface area contributed by atoms with E-state index in [1.807, 2.05) is 0 Å². The second-order valence-electron chi connectivity index (χ2n) is 5.11. The van der Waals surface area contributed by atoms with E-state index >= 15 is 0 Å². The first-order chi connectivity index (χ1) is 9.19. The Morgan fingerprint density at radius 2 is 0.842 bits per heavy atom. The molecule has 0 fully saturated rings. The molecule has 0 bridgehead atoms. The number of hydrogen-bond acceptors (Lipinski definition) is 0. The highest BCUT2D eigenvalue weighted by molar-refractivity contribution is 7.57. The third-order valence-corrected chi connectivity index (χ3v) is 9.17. The summed E-state index contributed by atoms with van der Waals surface area (Å²) in [7, 11) is 0.870. The van der Waals surface area contributed by atoms with Crippen LogP contribution in [0, 0.1) is 0 Å². The van der Waals surface area contributed by atoms with Crippen LogP contribution in [0.4, 0.5) is 0 Å². The summed E-state index contributed by atoms with van der Waals surface area (Å²) in [5, 5.41) is 0. The van der Waals surface area contributed by atoms with Crippen LogP contribution in [0.15, 0.2) is 0 Å². The Labute approximate surface area is 127 Å². The van der Waals surface area contributed by atoms with Gasteiger partial charge in [-0.15, -0.1) is 15.8 Å². The minimum absolute atomic E-state index is 0.432. The Morgan fingerprint density at radius 1 is 0.474 bits per heavy atom. The molecule has 0 nitrogen and oxygen atoms in total. The molecular formula is C17H40P2. The molecule has 2 heteroatoms. The quantitative estimate of drug-likeness (QED) is 0.284. The van der Waals surface area contributed by atoms with Gasteiger partial charge in [0.25, 0.3) is 0 Å². The average molecular weight is 306 g/mol. The topological polar surface area (TPSA) is 0 Å². The monoisotopic (exact) mass is 306 g/mol. The van der Waals surface area contributed by atoms with Crippen molar-refractivity contribution < 1.29 is 0 Å². The van der Waals surface area contributed by atoms with Gasteiger partial charge in [0.05, 0.1) is 0 Å². The summed E-state index contributed by atoms with van der Waals surface area (Å²) < 4.78 is 0. The SMILES string of the molecule is CCCCCP(CC)CC.CCCCP(CC)CC. The van der Waals surface area contributed by atoms with Gasteiger partial charge in [-0.05, 0) is 49.8 Å². The minimum Gasteiger partial charge on any atom is -0.107 e. The summed E-state index contributed by atoms with van der Waals surface area (Å²) in [5.41, 5.74) is 0. The number of unbranched alkanes of at least 4 members (excludes halogenated alkanes) is 3. The Kier molecular flexibility index (Phi) is 22.0. The highest BCUT2D eigenvalue weighted by atomic mass is 31.1. The standard InChI is InChI=1S/C9H21P.C8H19P/c1-4-7-8-9-10(5-2)6-3;1-4-7-8-9(5-2)6-3/h4-9H2,1-3H3;4-8H2,1-3H3. The van der Waals surface area contributed by atoms with Crippen molar-refractivity contribution in [3.63, 3.8) is 0 Å². The third-order valence-electron chi connectivity index (χ3n) is 3.69. The zero-order chi connectivity index (χ0) is 14.9. The molecule has 0 heterocycles. The molecule has 0 saturated carbocycles.